The Kier molecular flexibility index (Phi) is 8.84. The maximum atomic E-state index is 13.4. The van der Waals surface area contributed by atoms with E-state index in [2.05, 4.69) is 10.3 Å². The molecule has 4 aromatic rings. The van der Waals surface area contributed by atoms with Gasteiger partial charge in [-0.25, -0.2) is 14.6 Å². The summed E-state index contributed by atoms with van der Waals surface area (Å²) in [5.41, 5.74) is 3.00. The molecule has 8 nitrogen and oxygen atoms in total. The number of carbonyl (C=O) groups excluding carboxylic acids is 3. The van der Waals surface area contributed by atoms with Crippen LogP contribution in [0.1, 0.15) is 38.2 Å². The van der Waals surface area contributed by atoms with Gasteiger partial charge in [0.25, 0.3) is 5.91 Å². The molecule has 0 aliphatic carbocycles. The summed E-state index contributed by atoms with van der Waals surface area (Å²) < 4.78 is 10.6. The van der Waals surface area contributed by atoms with Crippen molar-refractivity contribution in [1.82, 2.24) is 4.98 Å². The van der Waals surface area contributed by atoms with Crippen LogP contribution in [0, 0.1) is 6.92 Å². The van der Waals surface area contributed by atoms with Crippen molar-refractivity contribution in [2.45, 2.75) is 20.4 Å². The molecule has 0 fully saturated rings. The van der Waals surface area contributed by atoms with E-state index in [0.717, 1.165) is 22.6 Å². The number of ether oxygens (including phenoxy) is 2. The number of para-hydroxylation sites is 2. The van der Waals surface area contributed by atoms with E-state index >= 15 is 0 Å². The minimum atomic E-state index is -0.639. The number of nitrogens with one attached hydrogen (secondary N) is 1. The Morgan fingerprint density at radius 2 is 1.53 bits per heavy atom. The first kappa shape index (κ1) is 26.6. The second-order valence-corrected chi connectivity index (χ2v) is 9.19. The Morgan fingerprint density at radius 1 is 0.868 bits per heavy atom. The van der Waals surface area contributed by atoms with Gasteiger partial charge in [0.05, 0.1) is 30.1 Å². The molecule has 1 heterocycles. The van der Waals surface area contributed by atoms with Gasteiger partial charge in [0, 0.05) is 5.69 Å². The first-order chi connectivity index (χ1) is 18.5. The molecule has 0 aliphatic rings. The van der Waals surface area contributed by atoms with Gasteiger partial charge in [-0.2, -0.15) is 0 Å². The van der Waals surface area contributed by atoms with Gasteiger partial charge in [-0.1, -0.05) is 72.0 Å². The topological polar surface area (TPSA) is 97.8 Å². The lowest BCUT2D eigenvalue weighted by Gasteiger charge is -2.20. The second-order valence-electron chi connectivity index (χ2n) is 8.21. The smallest absolute Gasteiger partial charge is 0.350 e. The number of nitrogens with zero attached hydrogens (tertiary/aromatic N) is 2. The Labute approximate surface area is 224 Å². The van der Waals surface area contributed by atoms with Crippen LogP contribution in [0.5, 0.6) is 0 Å². The number of rotatable bonds is 10. The van der Waals surface area contributed by atoms with Crippen LogP contribution >= 0.6 is 11.3 Å². The SMILES string of the molecule is CCOC(=O)c1sc(N(Cc2ccccc2)C(=O)COC(=O)c2ccccc2Nc2ccccc2)nc1C. The minimum Gasteiger partial charge on any atom is -0.462 e. The Hall–Kier alpha value is -4.50. The summed E-state index contributed by atoms with van der Waals surface area (Å²) in [6.07, 6.45) is 0. The summed E-state index contributed by atoms with van der Waals surface area (Å²) in [6.45, 7) is 3.34. The number of amides is 1. The number of hydrogen-bond donors (Lipinski definition) is 1. The normalized spacial score (nSPS) is 10.5. The van der Waals surface area contributed by atoms with Gasteiger partial charge in [-0.15, -0.1) is 0 Å². The van der Waals surface area contributed by atoms with Crippen molar-refractivity contribution in [3.63, 3.8) is 0 Å². The molecule has 0 radical (unpaired) electrons. The lowest BCUT2D eigenvalue weighted by molar-refractivity contribution is -0.121. The lowest BCUT2D eigenvalue weighted by Crippen LogP contribution is -2.34. The van der Waals surface area contributed by atoms with Crippen molar-refractivity contribution in [2.24, 2.45) is 0 Å². The fourth-order valence-electron chi connectivity index (χ4n) is 3.64. The van der Waals surface area contributed by atoms with Gasteiger partial charge in [0.15, 0.2) is 11.7 Å². The molecular weight excluding hydrogens is 502 g/mol. The molecular formula is C29H27N3O5S. The number of thiazole rings is 1. The average Bonchev–Trinajstić information content (AvgIpc) is 3.33. The summed E-state index contributed by atoms with van der Waals surface area (Å²) in [4.78, 5) is 44.9. The standard InChI is InChI=1S/C29H27N3O5S/c1-3-36-28(35)26-20(2)30-29(38-26)32(18-21-12-6-4-7-13-21)25(33)19-37-27(34)23-16-10-11-17-24(23)31-22-14-8-5-9-15-22/h4-17,31H,3,18-19H2,1-2H3. The lowest BCUT2D eigenvalue weighted by atomic mass is 10.1. The Bertz CT molecular complexity index is 1410. The Balaban J connectivity index is 1.52. The van der Waals surface area contributed by atoms with Crippen LogP contribution in [0.4, 0.5) is 16.5 Å². The second kappa shape index (κ2) is 12.6. The van der Waals surface area contributed by atoms with Crippen LogP contribution in [0.15, 0.2) is 84.9 Å². The monoisotopic (exact) mass is 529 g/mol. The predicted molar refractivity (Wildman–Crippen MR) is 147 cm³/mol. The molecule has 0 saturated carbocycles. The van der Waals surface area contributed by atoms with Crippen LogP contribution in [0.3, 0.4) is 0 Å². The first-order valence-corrected chi connectivity index (χ1v) is 12.8. The quantitative estimate of drug-likeness (QED) is 0.261. The molecule has 0 aliphatic heterocycles. The number of esters is 2. The van der Waals surface area contributed by atoms with Crippen LogP contribution in [0.25, 0.3) is 0 Å². The van der Waals surface area contributed by atoms with Gasteiger partial charge >= 0.3 is 11.9 Å². The van der Waals surface area contributed by atoms with Gasteiger partial charge < -0.3 is 14.8 Å². The molecule has 0 saturated heterocycles. The molecule has 4 rings (SSSR count). The number of hydrogen-bond acceptors (Lipinski definition) is 8. The molecule has 194 valence electrons. The molecule has 0 unspecified atom stereocenters. The number of anilines is 3. The number of carbonyl (C=O) groups is 3. The van der Waals surface area contributed by atoms with E-state index < -0.39 is 24.5 Å². The highest BCUT2D eigenvalue weighted by molar-refractivity contribution is 7.17. The van der Waals surface area contributed by atoms with E-state index in [-0.39, 0.29) is 13.2 Å². The molecule has 1 amide bonds. The van der Waals surface area contributed by atoms with Crippen molar-refractivity contribution in [3.05, 3.63) is 107 Å². The van der Waals surface area contributed by atoms with E-state index in [4.69, 9.17) is 9.47 Å². The van der Waals surface area contributed by atoms with Gasteiger partial charge in [-0.3, -0.25) is 9.69 Å². The van der Waals surface area contributed by atoms with Gasteiger partial charge in [0.1, 0.15) is 4.88 Å². The van der Waals surface area contributed by atoms with Crippen molar-refractivity contribution < 1.29 is 23.9 Å². The third-order valence-corrected chi connectivity index (χ3v) is 6.65. The third kappa shape index (κ3) is 6.63. The van der Waals surface area contributed by atoms with Crippen LogP contribution in [-0.4, -0.2) is 36.0 Å². The summed E-state index contributed by atoms with van der Waals surface area (Å²) in [7, 11) is 0. The van der Waals surface area contributed by atoms with Crippen molar-refractivity contribution in [1.29, 1.82) is 0 Å². The fraction of sp³-hybridized carbons (Fsp3) is 0.172. The molecule has 0 spiro atoms. The van der Waals surface area contributed by atoms with Crippen LogP contribution in [-0.2, 0) is 20.8 Å². The Morgan fingerprint density at radius 3 is 2.24 bits per heavy atom. The summed E-state index contributed by atoms with van der Waals surface area (Å²) in [5, 5.41) is 3.52. The molecule has 0 atom stereocenters. The van der Waals surface area contributed by atoms with Crippen LogP contribution in [0.2, 0.25) is 0 Å². The average molecular weight is 530 g/mol. The van der Waals surface area contributed by atoms with E-state index in [9.17, 15) is 14.4 Å². The highest BCUT2D eigenvalue weighted by atomic mass is 32.1. The maximum absolute atomic E-state index is 13.4. The largest absolute Gasteiger partial charge is 0.462 e. The molecule has 1 N–H and O–H groups in total. The maximum Gasteiger partial charge on any atom is 0.350 e. The van der Waals surface area contributed by atoms with Gasteiger partial charge in [0.2, 0.25) is 0 Å². The zero-order chi connectivity index (χ0) is 26.9. The van der Waals surface area contributed by atoms with E-state index in [1.54, 1.807) is 38.1 Å². The van der Waals surface area contributed by atoms with Crippen molar-refractivity contribution in [2.75, 3.05) is 23.4 Å². The van der Waals surface area contributed by atoms with Gasteiger partial charge in [-0.05, 0) is 43.7 Å². The fourth-order valence-corrected chi connectivity index (χ4v) is 4.62. The zero-order valence-corrected chi connectivity index (χ0v) is 21.9. The van der Waals surface area contributed by atoms with E-state index in [1.807, 2.05) is 60.7 Å². The van der Waals surface area contributed by atoms with Crippen molar-refractivity contribution >= 4 is 45.7 Å². The highest BCUT2D eigenvalue weighted by Gasteiger charge is 2.25. The third-order valence-electron chi connectivity index (χ3n) is 5.49. The molecule has 3 aromatic carbocycles. The summed E-state index contributed by atoms with van der Waals surface area (Å²) in [6, 6.07) is 25.7. The molecule has 38 heavy (non-hydrogen) atoms. The first-order valence-electron chi connectivity index (χ1n) is 12.0. The van der Waals surface area contributed by atoms with Crippen molar-refractivity contribution in [3.8, 4) is 0 Å². The molecule has 1 aromatic heterocycles. The highest BCUT2D eigenvalue weighted by Crippen LogP contribution is 2.29. The summed E-state index contributed by atoms with van der Waals surface area (Å²) >= 11 is 1.07. The predicted octanol–water partition coefficient (Wildman–Crippen LogP) is 5.76. The molecule has 0 bridgehead atoms. The molecule has 9 heteroatoms. The van der Waals surface area contributed by atoms with E-state index in [0.29, 0.717) is 27.0 Å². The zero-order valence-electron chi connectivity index (χ0n) is 21.0. The van der Waals surface area contributed by atoms with Crippen LogP contribution < -0.4 is 10.2 Å². The summed E-state index contributed by atoms with van der Waals surface area (Å²) in [5.74, 6) is -1.60. The number of aromatic nitrogens is 1. The van der Waals surface area contributed by atoms with E-state index in [1.165, 1.54) is 4.90 Å². The number of aryl methyl sites for hydroxylation is 1. The number of benzene rings is 3. The minimum absolute atomic E-state index is 0.193.